The van der Waals surface area contributed by atoms with Crippen LogP contribution in [-0.2, 0) is 14.3 Å². The number of unbranched alkanes of at least 4 members (excludes halogenated alkanes) is 1. The van der Waals surface area contributed by atoms with Crippen LogP contribution in [-0.4, -0.2) is 41.8 Å². The van der Waals surface area contributed by atoms with Crippen molar-refractivity contribution in [1.82, 2.24) is 10.6 Å². The Morgan fingerprint density at radius 1 is 0.971 bits per heavy atom. The number of rotatable bonds is 12. The second kappa shape index (κ2) is 12.2. The first-order valence-corrected chi connectivity index (χ1v) is 12.0. The number of carboxylic acid groups (broad SMARTS) is 1. The lowest BCUT2D eigenvalue weighted by molar-refractivity contribution is -0.137. The van der Waals surface area contributed by atoms with Crippen LogP contribution in [0.2, 0.25) is 0 Å². The smallest absolute Gasteiger partial charge is 0.407 e. The molecule has 0 aromatic heterocycles. The number of fused-ring (bicyclic) bond motifs is 3. The predicted octanol–water partition coefficient (Wildman–Crippen LogP) is 4.84. The van der Waals surface area contributed by atoms with Gasteiger partial charge in [0.15, 0.2) is 0 Å². The second-order valence-corrected chi connectivity index (χ2v) is 8.91. The third-order valence-corrected chi connectivity index (χ3v) is 6.20. The molecule has 0 radical (unpaired) electrons. The fourth-order valence-corrected chi connectivity index (χ4v) is 4.45. The standard InChI is InChI=1S/C27H34N2O5/c1-3-4-9-19(16-26(31)32)29-25(30)15-14-18(2)28-27(33)34-17-24-22-12-7-5-10-20(22)21-11-6-8-13-23(21)24/h5-8,10-13,18-19,24H,3-4,9,14-17H2,1-2H3,(H,28,33)(H,29,30)(H,31,32)/t18?,19-/m0/s1. The van der Waals surface area contributed by atoms with Crippen molar-refractivity contribution in [1.29, 1.82) is 0 Å². The normalized spacial score (nSPS) is 13.9. The van der Waals surface area contributed by atoms with Gasteiger partial charge in [0.2, 0.25) is 5.91 Å². The van der Waals surface area contributed by atoms with Crippen LogP contribution < -0.4 is 10.6 Å². The van der Waals surface area contributed by atoms with Crippen molar-refractivity contribution in [3.05, 3.63) is 59.7 Å². The summed E-state index contributed by atoms with van der Waals surface area (Å²) in [5.74, 6) is -1.14. The van der Waals surface area contributed by atoms with E-state index >= 15 is 0 Å². The van der Waals surface area contributed by atoms with Gasteiger partial charge in [-0.25, -0.2) is 4.79 Å². The van der Waals surface area contributed by atoms with Crippen molar-refractivity contribution >= 4 is 18.0 Å². The number of amides is 2. The molecule has 0 saturated carbocycles. The zero-order chi connectivity index (χ0) is 24.5. The first-order chi connectivity index (χ1) is 16.4. The van der Waals surface area contributed by atoms with E-state index in [-0.39, 0.29) is 43.4 Å². The molecule has 0 saturated heterocycles. The number of hydrogen-bond donors (Lipinski definition) is 3. The van der Waals surface area contributed by atoms with E-state index in [2.05, 4.69) is 34.9 Å². The van der Waals surface area contributed by atoms with Crippen LogP contribution in [0.5, 0.6) is 0 Å². The van der Waals surface area contributed by atoms with E-state index in [0.717, 1.165) is 24.0 Å². The molecule has 7 nitrogen and oxygen atoms in total. The molecule has 0 heterocycles. The van der Waals surface area contributed by atoms with Gasteiger partial charge in [0.05, 0.1) is 6.42 Å². The van der Waals surface area contributed by atoms with E-state index in [1.807, 2.05) is 38.1 Å². The molecule has 1 unspecified atom stereocenters. The Hall–Kier alpha value is -3.35. The van der Waals surface area contributed by atoms with Crippen LogP contribution in [0.25, 0.3) is 11.1 Å². The summed E-state index contributed by atoms with van der Waals surface area (Å²) in [6.45, 7) is 4.08. The molecule has 3 rings (SSSR count). The lowest BCUT2D eigenvalue weighted by Crippen LogP contribution is -2.38. The third kappa shape index (κ3) is 6.83. The summed E-state index contributed by atoms with van der Waals surface area (Å²) in [6, 6.07) is 15.7. The summed E-state index contributed by atoms with van der Waals surface area (Å²) >= 11 is 0. The Bertz CT molecular complexity index is 961. The van der Waals surface area contributed by atoms with Gasteiger partial charge in [-0.15, -0.1) is 0 Å². The van der Waals surface area contributed by atoms with Crippen LogP contribution in [0.3, 0.4) is 0 Å². The molecule has 0 spiro atoms. The quantitative estimate of drug-likeness (QED) is 0.415. The maximum Gasteiger partial charge on any atom is 0.407 e. The molecule has 182 valence electrons. The number of ether oxygens (including phenoxy) is 1. The van der Waals surface area contributed by atoms with Gasteiger partial charge in [0, 0.05) is 24.4 Å². The van der Waals surface area contributed by atoms with Gasteiger partial charge in [-0.3, -0.25) is 9.59 Å². The van der Waals surface area contributed by atoms with E-state index in [4.69, 9.17) is 9.84 Å². The van der Waals surface area contributed by atoms with Crippen molar-refractivity contribution in [2.75, 3.05) is 6.61 Å². The predicted molar refractivity (Wildman–Crippen MR) is 131 cm³/mol. The first kappa shape index (κ1) is 25.3. The highest BCUT2D eigenvalue weighted by Crippen LogP contribution is 2.44. The second-order valence-electron chi connectivity index (χ2n) is 8.91. The first-order valence-electron chi connectivity index (χ1n) is 12.0. The van der Waals surface area contributed by atoms with Crippen LogP contribution >= 0.6 is 0 Å². The Morgan fingerprint density at radius 3 is 2.18 bits per heavy atom. The molecule has 34 heavy (non-hydrogen) atoms. The summed E-state index contributed by atoms with van der Waals surface area (Å²) in [4.78, 5) is 35.7. The van der Waals surface area contributed by atoms with E-state index in [1.165, 1.54) is 11.1 Å². The molecule has 0 bridgehead atoms. The molecule has 7 heteroatoms. The molecule has 2 atom stereocenters. The van der Waals surface area contributed by atoms with Gasteiger partial charge >= 0.3 is 12.1 Å². The summed E-state index contributed by atoms with van der Waals surface area (Å²) in [5.41, 5.74) is 4.65. The molecule has 1 aliphatic carbocycles. The number of aliphatic carboxylic acids is 1. The monoisotopic (exact) mass is 466 g/mol. The lowest BCUT2D eigenvalue weighted by Gasteiger charge is -2.19. The SMILES string of the molecule is CCCC[C@@H](CC(=O)O)NC(=O)CCC(C)NC(=O)OCC1c2ccccc2-c2ccccc21. The van der Waals surface area contributed by atoms with E-state index in [9.17, 15) is 14.4 Å². The van der Waals surface area contributed by atoms with Gasteiger partial charge in [0.1, 0.15) is 6.61 Å². The minimum atomic E-state index is -0.924. The van der Waals surface area contributed by atoms with E-state index in [0.29, 0.717) is 12.8 Å². The molecule has 1 aliphatic rings. The van der Waals surface area contributed by atoms with Crippen LogP contribution in [0.1, 0.15) is 69.4 Å². The third-order valence-electron chi connectivity index (χ3n) is 6.20. The Balaban J connectivity index is 1.45. The molecular weight excluding hydrogens is 432 g/mol. The molecule has 2 amide bonds. The van der Waals surface area contributed by atoms with E-state index < -0.39 is 12.1 Å². The van der Waals surface area contributed by atoms with E-state index in [1.54, 1.807) is 0 Å². The lowest BCUT2D eigenvalue weighted by atomic mass is 9.98. The van der Waals surface area contributed by atoms with Crippen molar-refractivity contribution < 1.29 is 24.2 Å². The van der Waals surface area contributed by atoms with Crippen molar-refractivity contribution in [2.24, 2.45) is 0 Å². The van der Waals surface area contributed by atoms with Crippen molar-refractivity contribution in [3.63, 3.8) is 0 Å². The number of alkyl carbamates (subject to hydrolysis) is 1. The number of carbonyl (C=O) groups is 3. The van der Waals surface area contributed by atoms with Crippen LogP contribution in [0, 0.1) is 0 Å². The zero-order valence-corrected chi connectivity index (χ0v) is 19.9. The molecular formula is C27H34N2O5. The average Bonchev–Trinajstić information content (AvgIpc) is 3.13. The number of carboxylic acids is 1. The Labute approximate surface area is 200 Å². The molecule has 3 N–H and O–H groups in total. The van der Waals surface area contributed by atoms with Crippen molar-refractivity contribution in [3.8, 4) is 11.1 Å². The summed E-state index contributed by atoms with van der Waals surface area (Å²) in [6.07, 6.45) is 2.48. The topological polar surface area (TPSA) is 105 Å². The highest BCUT2D eigenvalue weighted by Gasteiger charge is 2.29. The maximum atomic E-state index is 12.4. The Kier molecular flexibility index (Phi) is 9.08. The highest BCUT2D eigenvalue weighted by molar-refractivity contribution is 5.79. The largest absolute Gasteiger partial charge is 0.481 e. The summed E-state index contributed by atoms with van der Waals surface area (Å²) < 4.78 is 5.55. The van der Waals surface area contributed by atoms with Gasteiger partial charge in [-0.2, -0.15) is 0 Å². The minimum Gasteiger partial charge on any atom is -0.481 e. The fraction of sp³-hybridized carbons (Fsp3) is 0.444. The minimum absolute atomic E-state index is 0.00600. The fourth-order valence-electron chi connectivity index (χ4n) is 4.45. The average molecular weight is 467 g/mol. The maximum absolute atomic E-state index is 12.4. The summed E-state index contributed by atoms with van der Waals surface area (Å²) in [5, 5.41) is 14.6. The number of nitrogens with one attached hydrogen (secondary N) is 2. The van der Waals surface area contributed by atoms with Gasteiger partial charge < -0.3 is 20.5 Å². The molecule has 0 fully saturated rings. The highest BCUT2D eigenvalue weighted by atomic mass is 16.5. The van der Waals surface area contributed by atoms with Gasteiger partial charge in [0.25, 0.3) is 0 Å². The van der Waals surface area contributed by atoms with Gasteiger partial charge in [-0.05, 0) is 42.0 Å². The zero-order valence-electron chi connectivity index (χ0n) is 19.9. The number of hydrogen-bond acceptors (Lipinski definition) is 4. The molecule has 0 aliphatic heterocycles. The van der Waals surface area contributed by atoms with Crippen molar-refractivity contribution in [2.45, 2.75) is 70.4 Å². The summed E-state index contributed by atoms with van der Waals surface area (Å²) in [7, 11) is 0. The number of benzene rings is 2. The molecule has 2 aromatic carbocycles. The van der Waals surface area contributed by atoms with Gasteiger partial charge in [-0.1, -0.05) is 68.3 Å². The number of carbonyl (C=O) groups excluding carboxylic acids is 2. The van der Waals surface area contributed by atoms with Crippen LogP contribution in [0.4, 0.5) is 4.79 Å². The molecule has 2 aromatic rings. The van der Waals surface area contributed by atoms with Crippen LogP contribution in [0.15, 0.2) is 48.5 Å². The Morgan fingerprint density at radius 2 is 1.59 bits per heavy atom.